The molecule has 0 amide bonds. The number of hydrogen-bond acceptors (Lipinski definition) is 3. The van der Waals surface area contributed by atoms with E-state index >= 15 is 0 Å². The molecular formula is C14H28N2O. The van der Waals surface area contributed by atoms with E-state index in [1.807, 2.05) is 6.08 Å². The van der Waals surface area contributed by atoms with Crippen molar-refractivity contribution in [1.29, 1.82) is 0 Å². The van der Waals surface area contributed by atoms with Gasteiger partial charge in [0.05, 0.1) is 13.2 Å². The number of piperidine rings is 1. The summed E-state index contributed by atoms with van der Waals surface area (Å²) in [6, 6.07) is 0.706. The van der Waals surface area contributed by atoms with Crippen molar-refractivity contribution in [2.75, 3.05) is 39.4 Å². The zero-order valence-corrected chi connectivity index (χ0v) is 11.5. The quantitative estimate of drug-likeness (QED) is 0.518. The number of nitrogens with one attached hydrogen (secondary N) is 1. The third-order valence-corrected chi connectivity index (χ3v) is 3.47. The normalized spacial score (nSPS) is 26.0. The molecule has 17 heavy (non-hydrogen) atoms. The molecule has 2 unspecified atom stereocenters. The predicted octanol–water partition coefficient (Wildman–Crippen LogP) is 1.90. The highest BCUT2D eigenvalue weighted by Crippen LogP contribution is 2.16. The largest absolute Gasteiger partial charge is 0.380 e. The van der Waals surface area contributed by atoms with Crippen LogP contribution in [0.5, 0.6) is 0 Å². The van der Waals surface area contributed by atoms with Gasteiger partial charge in [0.2, 0.25) is 0 Å². The zero-order chi connectivity index (χ0) is 12.5. The minimum absolute atomic E-state index is 0.706. The third-order valence-electron chi connectivity index (χ3n) is 3.47. The Hall–Kier alpha value is -0.380. The Morgan fingerprint density at radius 3 is 2.94 bits per heavy atom. The van der Waals surface area contributed by atoms with Crippen molar-refractivity contribution < 1.29 is 4.74 Å². The van der Waals surface area contributed by atoms with Gasteiger partial charge in [-0.15, -0.1) is 6.58 Å². The zero-order valence-electron chi connectivity index (χ0n) is 11.5. The molecule has 1 rings (SSSR count). The Kier molecular flexibility index (Phi) is 7.49. The smallest absolute Gasteiger partial charge is 0.0593 e. The van der Waals surface area contributed by atoms with Crippen molar-refractivity contribution >= 4 is 0 Å². The van der Waals surface area contributed by atoms with Crippen LogP contribution in [-0.4, -0.2) is 50.3 Å². The van der Waals surface area contributed by atoms with Crippen LogP contribution in [0, 0.1) is 5.92 Å². The summed E-state index contributed by atoms with van der Waals surface area (Å²) in [6.07, 6.45) is 4.13. The van der Waals surface area contributed by atoms with Crippen molar-refractivity contribution in [1.82, 2.24) is 10.2 Å². The second-order valence-corrected chi connectivity index (χ2v) is 4.92. The van der Waals surface area contributed by atoms with Gasteiger partial charge in [-0.25, -0.2) is 0 Å². The lowest BCUT2D eigenvalue weighted by Crippen LogP contribution is -2.48. The van der Waals surface area contributed by atoms with Gasteiger partial charge in [0.1, 0.15) is 0 Å². The van der Waals surface area contributed by atoms with Crippen LogP contribution >= 0.6 is 0 Å². The number of nitrogens with zero attached hydrogens (tertiary/aromatic N) is 1. The second-order valence-electron chi connectivity index (χ2n) is 4.92. The molecule has 2 atom stereocenters. The fourth-order valence-electron chi connectivity index (χ4n) is 2.46. The molecule has 0 aromatic rings. The van der Waals surface area contributed by atoms with Crippen LogP contribution < -0.4 is 5.32 Å². The van der Waals surface area contributed by atoms with Gasteiger partial charge >= 0.3 is 0 Å². The first-order valence-electron chi connectivity index (χ1n) is 6.92. The lowest BCUT2D eigenvalue weighted by molar-refractivity contribution is 0.0803. The number of likely N-dealkylation sites (tertiary alicyclic amines) is 1. The molecular weight excluding hydrogens is 212 g/mol. The molecule has 3 nitrogen and oxygen atoms in total. The maximum atomic E-state index is 5.56. The molecule has 0 saturated carbocycles. The number of ether oxygens (including phenoxy) is 1. The van der Waals surface area contributed by atoms with Crippen molar-refractivity contribution in [2.24, 2.45) is 5.92 Å². The van der Waals surface area contributed by atoms with E-state index in [0.717, 1.165) is 38.6 Å². The van der Waals surface area contributed by atoms with Crippen molar-refractivity contribution in [3.05, 3.63) is 12.7 Å². The molecule has 0 aromatic heterocycles. The van der Waals surface area contributed by atoms with Gasteiger partial charge in [-0.3, -0.25) is 0 Å². The molecule has 1 N–H and O–H groups in total. The minimum atomic E-state index is 0.706. The SMILES string of the molecule is C=CCCOCCN1CCC(NCC)C(C)C1. The first-order valence-corrected chi connectivity index (χ1v) is 6.92. The molecule has 0 aliphatic carbocycles. The molecule has 1 saturated heterocycles. The number of rotatable bonds is 8. The third kappa shape index (κ3) is 5.66. The van der Waals surface area contributed by atoms with E-state index in [1.165, 1.54) is 19.5 Å². The Balaban J connectivity index is 2.10. The molecule has 0 bridgehead atoms. The van der Waals surface area contributed by atoms with Gasteiger partial charge in [-0.05, 0) is 31.8 Å². The highest BCUT2D eigenvalue weighted by molar-refractivity contribution is 4.82. The van der Waals surface area contributed by atoms with Gasteiger partial charge in [0.25, 0.3) is 0 Å². The summed E-state index contributed by atoms with van der Waals surface area (Å²) in [5.41, 5.74) is 0. The fourth-order valence-corrected chi connectivity index (χ4v) is 2.46. The Morgan fingerprint density at radius 2 is 2.29 bits per heavy atom. The van der Waals surface area contributed by atoms with Gasteiger partial charge in [0.15, 0.2) is 0 Å². The Bertz CT molecular complexity index is 208. The monoisotopic (exact) mass is 240 g/mol. The fraction of sp³-hybridized carbons (Fsp3) is 0.857. The van der Waals surface area contributed by atoms with Gasteiger partial charge in [-0.2, -0.15) is 0 Å². The highest BCUT2D eigenvalue weighted by Gasteiger charge is 2.24. The topological polar surface area (TPSA) is 24.5 Å². The van der Waals surface area contributed by atoms with Crippen LogP contribution in [0.1, 0.15) is 26.7 Å². The molecule has 1 heterocycles. The Labute approximate surface area is 106 Å². The highest BCUT2D eigenvalue weighted by atomic mass is 16.5. The van der Waals surface area contributed by atoms with Crippen LogP contribution in [0.3, 0.4) is 0 Å². The van der Waals surface area contributed by atoms with Crippen LogP contribution in [-0.2, 0) is 4.74 Å². The van der Waals surface area contributed by atoms with Crippen molar-refractivity contribution in [2.45, 2.75) is 32.7 Å². The van der Waals surface area contributed by atoms with E-state index in [1.54, 1.807) is 0 Å². The maximum absolute atomic E-state index is 5.56. The van der Waals surface area contributed by atoms with Crippen molar-refractivity contribution in [3.63, 3.8) is 0 Å². The van der Waals surface area contributed by atoms with Gasteiger partial charge in [-0.1, -0.05) is 19.9 Å². The summed E-state index contributed by atoms with van der Waals surface area (Å²) in [5.74, 6) is 0.747. The summed E-state index contributed by atoms with van der Waals surface area (Å²) >= 11 is 0. The van der Waals surface area contributed by atoms with E-state index in [-0.39, 0.29) is 0 Å². The summed E-state index contributed by atoms with van der Waals surface area (Å²) in [4.78, 5) is 2.52. The van der Waals surface area contributed by atoms with E-state index in [9.17, 15) is 0 Å². The second kappa shape index (κ2) is 8.67. The molecule has 0 radical (unpaired) electrons. The average molecular weight is 240 g/mol. The standard InChI is InChI=1S/C14H28N2O/c1-4-6-10-17-11-9-16-8-7-14(15-5-2)13(3)12-16/h4,13-15H,1,5-12H2,2-3H3. The predicted molar refractivity (Wildman–Crippen MR) is 73.3 cm³/mol. The lowest BCUT2D eigenvalue weighted by Gasteiger charge is -2.37. The van der Waals surface area contributed by atoms with Crippen LogP contribution in [0.15, 0.2) is 12.7 Å². The van der Waals surface area contributed by atoms with Crippen LogP contribution in [0.2, 0.25) is 0 Å². The molecule has 1 aliphatic heterocycles. The van der Waals surface area contributed by atoms with Crippen LogP contribution in [0.4, 0.5) is 0 Å². The Morgan fingerprint density at radius 1 is 1.47 bits per heavy atom. The summed E-state index contributed by atoms with van der Waals surface area (Å²) in [5, 5.41) is 3.57. The molecule has 0 aromatic carbocycles. The molecule has 1 aliphatic rings. The summed E-state index contributed by atoms with van der Waals surface area (Å²) in [6.45, 7) is 14.4. The maximum Gasteiger partial charge on any atom is 0.0593 e. The lowest BCUT2D eigenvalue weighted by atomic mass is 9.94. The average Bonchev–Trinajstić information content (AvgIpc) is 2.32. The molecule has 0 spiro atoms. The number of hydrogen-bond donors (Lipinski definition) is 1. The first kappa shape index (κ1) is 14.7. The first-order chi connectivity index (χ1) is 8.27. The van der Waals surface area contributed by atoms with E-state index < -0.39 is 0 Å². The van der Waals surface area contributed by atoms with Crippen molar-refractivity contribution in [3.8, 4) is 0 Å². The van der Waals surface area contributed by atoms with E-state index in [0.29, 0.717) is 6.04 Å². The van der Waals surface area contributed by atoms with E-state index in [4.69, 9.17) is 4.74 Å². The minimum Gasteiger partial charge on any atom is -0.380 e. The molecule has 100 valence electrons. The van der Waals surface area contributed by atoms with Gasteiger partial charge < -0.3 is 15.0 Å². The summed E-state index contributed by atoms with van der Waals surface area (Å²) < 4.78 is 5.56. The van der Waals surface area contributed by atoms with Crippen LogP contribution in [0.25, 0.3) is 0 Å². The summed E-state index contributed by atoms with van der Waals surface area (Å²) in [7, 11) is 0. The van der Waals surface area contributed by atoms with E-state index in [2.05, 4.69) is 30.6 Å². The molecule has 3 heteroatoms. The molecule has 1 fully saturated rings. The van der Waals surface area contributed by atoms with Gasteiger partial charge in [0, 0.05) is 19.1 Å².